The lowest BCUT2D eigenvalue weighted by Gasteiger charge is -2.21. The second-order valence-electron chi connectivity index (χ2n) is 13.0. The molecule has 4 heteroatoms. The van der Waals surface area contributed by atoms with Crippen LogP contribution in [0.5, 0.6) is 0 Å². The number of hydrogen-bond donors (Lipinski definition) is 0. The van der Waals surface area contributed by atoms with E-state index in [2.05, 4.69) is 122 Å². The predicted octanol–water partition coefficient (Wildman–Crippen LogP) is 11.1. The van der Waals surface area contributed by atoms with Crippen molar-refractivity contribution in [2.45, 2.75) is 19.3 Å². The lowest BCUT2D eigenvalue weighted by atomic mass is 9.82. The van der Waals surface area contributed by atoms with Gasteiger partial charge in [0, 0.05) is 44.0 Å². The van der Waals surface area contributed by atoms with Crippen LogP contribution in [0.1, 0.15) is 25.0 Å². The maximum absolute atomic E-state index is 6.34. The molecule has 10 rings (SSSR count). The average Bonchev–Trinajstić information content (AvgIpc) is 3.74. The van der Waals surface area contributed by atoms with E-state index in [0.29, 0.717) is 11.5 Å². The van der Waals surface area contributed by atoms with E-state index < -0.39 is 0 Å². The van der Waals surface area contributed by atoms with Gasteiger partial charge in [-0.3, -0.25) is 0 Å². The number of nitrogens with zero attached hydrogens (tertiary/aromatic N) is 3. The summed E-state index contributed by atoms with van der Waals surface area (Å²) in [5.41, 5.74) is 13.0. The van der Waals surface area contributed by atoms with E-state index in [1.54, 1.807) is 0 Å². The second-order valence-corrected chi connectivity index (χ2v) is 13.0. The van der Waals surface area contributed by atoms with Gasteiger partial charge in [0.1, 0.15) is 5.58 Å². The normalized spacial score (nSPS) is 13.5. The molecule has 1 aliphatic rings. The fourth-order valence-electron chi connectivity index (χ4n) is 7.85. The molecule has 0 unspecified atom stereocenters. The third-order valence-electron chi connectivity index (χ3n) is 10.0. The lowest BCUT2D eigenvalue weighted by molar-refractivity contribution is 0.653. The number of aromatic nitrogens is 3. The zero-order valence-corrected chi connectivity index (χ0v) is 26.0. The summed E-state index contributed by atoms with van der Waals surface area (Å²) >= 11 is 0. The second kappa shape index (κ2) is 9.51. The molecule has 4 nitrogen and oxygen atoms in total. The highest BCUT2D eigenvalue weighted by Gasteiger charge is 2.37. The van der Waals surface area contributed by atoms with Gasteiger partial charge in [0.2, 0.25) is 5.71 Å². The summed E-state index contributed by atoms with van der Waals surface area (Å²) in [6.07, 6.45) is 0. The molecule has 0 saturated heterocycles. The quantitative estimate of drug-likeness (QED) is 0.202. The SMILES string of the molecule is CC1(C)c2ccccc2-c2c1ccc1c3ccccc3n(-c3cccc(-c4nc(-c5ccccc5)c5c(n4)oc4ccccc45)c3)c21. The topological polar surface area (TPSA) is 43.9 Å². The van der Waals surface area contributed by atoms with Crippen molar-refractivity contribution in [1.82, 2.24) is 14.5 Å². The molecule has 47 heavy (non-hydrogen) atoms. The molecular formula is C43H29N3O. The summed E-state index contributed by atoms with van der Waals surface area (Å²) in [6, 6.07) is 49.3. The van der Waals surface area contributed by atoms with Crippen molar-refractivity contribution in [3.63, 3.8) is 0 Å². The highest BCUT2D eigenvalue weighted by Crippen LogP contribution is 2.52. The van der Waals surface area contributed by atoms with Crippen LogP contribution in [0.15, 0.2) is 144 Å². The van der Waals surface area contributed by atoms with Crippen molar-refractivity contribution >= 4 is 43.9 Å². The fraction of sp³-hybridized carbons (Fsp3) is 0.0698. The average molecular weight is 604 g/mol. The smallest absolute Gasteiger partial charge is 0.231 e. The zero-order valence-electron chi connectivity index (χ0n) is 26.0. The first-order valence-corrected chi connectivity index (χ1v) is 16.1. The Balaban J connectivity index is 1.25. The van der Waals surface area contributed by atoms with E-state index in [9.17, 15) is 0 Å². The van der Waals surface area contributed by atoms with Gasteiger partial charge in [-0.25, -0.2) is 4.98 Å². The Morgan fingerprint density at radius 3 is 2.23 bits per heavy atom. The van der Waals surface area contributed by atoms with Crippen molar-refractivity contribution in [3.8, 4) is 39.5 Å². The highest BCUT2D eigenvalue weighted by molar-refractivity contribution is 6.16. The Morgan fingerprint density at radius 1 is 0.596 bits per heavy atom. The highest BCUT2D eigenvalue weighted by atomic mass is 16.3. The summed E-state index contributed by atoms with van der Waals surface area (Å²) in [5, 5.41) is 4.45. The summed E-state index contributed by atoms with van der Waals surface area (Å²) in [6.45, 7) is 4.68. The van der Waals surface area contributed by atoms with Crippen LogP contribution < -0.4 is 0 Å². The van der Waals surface area contributed by atoms with Crippen molar-refractivity contribution in [3.05, 3.63) is 151 Å². The maximum atomic E-state index is 6.34. The number of para-hydroxylation sites is 2. The van der Waals surface area contributed by atoms with Crippen LogP contribution in [0.4, 0.5) is 0 Å². The van der Waals surface area contributed by atoms with Crippen molar-refractivity contribution in [2.75, 3.05) is 0 Å². The van der Waals surface area contributed by atoms with E-state index in [0.717, 1.165) is 38.9 Å². The molecule has 3 heterocycles. The van der Waals surface area contributed by atoms with E-state index in [1.807, 2.05) is 36.4 Å². The molecule has 0 aliphatic heterocycles. The molecule has 0 amide bonds. The zero-order chi connectivity index (χ0) is 31.3. The third-order valence-corrected chi connectivity index (χ3v) is 10.0. The Hall–Kier alpha value is -6.00. The van der Waals surface area contributed by atoms with Gasteiger partial charge in [-0.15, -0.1) is 0 Å². The molecule has 0 fully saturated rings. The summed E-state index contributed by atoms with van der Waals surface area (Å²) in [5.74, 6) is 0.634. The van der Waals surface area contributed by atoms with Gasteiger partial charge >= 0.3 is 0 Å². The number of rotatable bonds is 3. The number of hydrogen-bond acceptors (Lipinski definition) is 3. The van der Waals surface area contributed by atoms with Crippen molar-refractivity contribution < 1.29 is 4.42 Å². The van der Waals surface area contributed by atoms with Gasteiger partial charge < -0.3 is 8.98 Å². The monoisotopic (exact) mass is 603 g/mol. The lowest BCUT2D eigenvalue weighted by Crippen LogP contribution is -2.14. The van der Waals surface area contributed by atoms with Gasteiger partial charge in [-0.1, -0.05) is 129 Å². The van der Waals surface area contributed by atoms with Gasteiger partial charge in [-0.2, -0.15) is 4.98 Å². The molecule has 0 N–H and O–H groups in total. The van der Waals surface area contributed by atoms with Crippen LogP contribution in [0, 0.1) is 0 Å². The minimum Gasteiger partial charge on any atom is -0.438 e. The Bertz CT molecular complexity index is 2710. The van der Waals surface area contributed by atoms with Crippen molar-refractivity contribution in [1.29, 1.82) is 0 Å². The molecule has 9 aromatic rings. The number of fused-ring (bicyclic) bond motifs is 10. The minimum atomic E-state index is -0.0904. The maximum Gasteiger partial charge on any atom is 0.231 e. The molecule has 0 bridgehead atoms. The molecule has 0 atom stereocenters. The van der Waals surface area contributed by atoms with Crippen LogP contribution in [-0.2, 0) is 5.41 Å². The van der Waals surface area contributed by atoms with Gasteiger partial charge in [-0.05, 0) is 41.0 Å². The summed E-state index contributed by atoms with van der Waals surface area (Å²) in [4.78, 5) is 10.3. The Morgan fingerprint density at radius 2 is 1.34 bits per heavy atom. The van der Waals surface area contributed by atoms with Crippen LogP contribution in [0.2, 0.25) is 0 Å². The van der Waals surface area contributed by atoms with Gasteiger partial charge in [0.25, 0.3) is 0 Å². The van der Waals surface area contributed by atoms with Crippen LogP contribution >= 0.6 is 0 Å². The molecule has 222 valence electrons. The molecular weight excluding hydrogens is 574 g/mol. The Kier molecular flexibility index (Phi) is 5.31. The van der Waals surface area contributed by atoms with Gasteiger partial charge in [0.15, 0.2) is 5.82 Å². The van der Waals surface area contributed by atoms with Crippen LogP contribution in [0.3, 0.4) is 0 Å². The molecule has 6 aromatic carbocycles. The number of furan rings is 1. The van der Waals surface area contributed by atoms with E-state index in [4.69, 9.17) is 14.4 Å². The molecule has 3 aromatic heterocycles. The minimum absolute atomic E-state index is 0.0904. The first-order valence-electron chi connectivity index (χ1n) is 16.1. The van der Waals surface area contributed by atoms with E-state index in [-0.39, 0.29) is 5.41 Å². The van der Waals surface area contributed by atoms with Crippen molar-refractivity contribution in [2.24, 2.45) is 0 Å². The molecule has 0 saturated carbocycles. The largest absolute Gasteiger partial charge is 0.438 e. The first kappa shape index (κ1) is 26.2. The summed E-state index contributed by atoms with van der Waals surface area (Å²) < 4.78 is 8.77. The first-order chi connectivity index (χ1) is 23.1. The standard InChI is InChI=1S/C43H29N3O/c1-43(2)33-20-9-6-18-31(33)37-34(43)24-23-30-29-17-7-10-21-35(29)46(40(30)37)28-16-12-15-27(25-28)41-44-39(26-13-4-3-5-14-26)38-32-19-8-11-22-36(32)47-42(38)45-41/h3-25H,1-2H3. The van der Waals surface area contributed by atoms with Crippen LogP contribution in [-0.4, -0.2) is 14.5 Å². The van der Waals surface area contributed by atoms with Crippen LogP contribution in [0.25, 0.3) is 83.3 Å². The molecule has 0 spiro atoms. The Labute approximate surface area is 271 Å². The summed E-state index contributed by atoms with van der Waals surface area (Å²) in [7, 11) is 0. The number of benzene rings is 6. The third kappa shape index (κ3) is 3.64. The molecule has 1 aliphatic carbocycles. The van der Waals surface area contributed by atoms with Gasteiger partial charge in [0.05, 0.1) is 22.1 Å². The predicted molar refractivity (Wildman–Crippen MR) is 192 cm³/mol. The fourth-order valence-corrected chi connectivity index (χ4v) is 7.85. The molecule has 0 radical (unpaired) electrons. The van der Waals surface area contributed by atoms with E-state index in [1.165, 1.54) is 44.1 Å². The van der Waals surface area contributed by atoms with E-state index >= 15 is 0 Å².